The summed E-state index contributed by atoms with van der Waals surface area (Å²) in [7, 11) is 0. The number of rotatable bonds is 9. The maximum absolute atomic E-state index is 11.9. The molecule has 0 atom stereocenters. The minimum Gasteiger partial charge on any atom is -0.484 e. The fourth-order valence-corrected chi connectivity index (χ4v) is 2.92. The third-order valence-electron chi connectivity index (χ3n) is 4.33. The maximum atomic E-state index is 11.9. The van der Waals surface area contributed by atoms with Crippen LogP contribution in [0.4, 0.5) is 0 Å². The third-order valence-corrected chi connectivity index (χ3v) is 4.33. The van der Waals surface area contributed by atoms with E-state index in [2.05, 4.69) is 12.2 Å². The van der Waals surface area contributed by atoms with Crippen LogP contribution in [0.5, 0.6) is 5.75 Å². The number of amides is 1. The Hall–Kier alpha value is -3.02. The highest BCUT2D eigenvalue weighted by Crippen LogP contribution is 2.23. The molecule has 2 aromatic heterocycles. The highest BCUT2D eigenvalue weighted by molar-refractivity contribution is 5.82. The van der Waals surface area contributed by atoms with Gasteiger partial charge in [-0.2, -0.15) is 0 Å². The molecule has 6 nitrogen and oxygen atoms in total. The monoisotopic (exact) mass is 368 g/mol. The molecule has 0 aliphatic rings. The fourth-order valence-electron chi connectivity index (χ4n) is 2.92. The molecular weight excluding hydrogens is 344 g/mol. The number of benzene rings is 1. The van der Waals surface area contributed by atoms with E-state index in [1.807, 2.05) is 35.2 Å². The van der Waals surface area contributed by atoms with Crippen LogP contribution in [0.25, 0.3) is 11.0 Å². The van der Waals surface area contributed by atoms with Gasteiger partial charge in [0.25, 0.3) is 5.91 Å². The fraction of sp³-hybridized carbons (Fsp3) is 0.333. The van der Waals surface area contributed by atoms with Crippen LogP contribution in [0, 0.1) is 0 Å². The lowest BCUT2D eigenvalue weighted by atomic mass is 10.0. The maximum Gasteiger partial charge on any atom is 0.336 e. The topological polar surface area (TPSA) is 73.5 Å². The van der Waals surface area contributed by atoms with Gasteiger partial charge in [0.1, 0.15) is 11.3 Å². The molecule has 6 heteroatoms. The molecule has 0 saturated carbocycles. The Balaban J connectivity index is 1.58. The molecule has 0 aliphatic heterocycles. The van der Waals surface area contributed by atoms with Crippen molar-refractivity contribution in [2.75, 3.05) is 13.2 Å². The first kappa shape index (κ1) is 18.8. The number of nitrogens with zero attached hydrogens (tertiary/aromatic N) is 1. The molecule has 0 fully saturated rings. The van der Waals surface area contributed by atoms with Crippen molar-refractivity contribution in [1.29, 1.82) is 0 Å². The molecule has 0 aliphatic carbocycles. The highest BCUT2D eigenvalue weighted by atomic mass is 16.5. The smallest absolute Gasteiger partial charge is 0.336 e. The molecule has 1 aromatic carbocycles. The number of unbranched alkanes of at least 4 members (excludes halogenated alkanes) is 1. The molecule has 0 bridgehead atoms. The van der Waals surface area contributed by atoms with Crippen LogP contribution in [0.2, 0.25) is 0 Å². The van der Waals surface area contributed by atoms with E-state index in [-0.39, 0.29) is 18.1 Å². The van der Waals surface area contributed by atoms with Gasteiger partial charge in [0, 0.05) is 43.0 Å². The summed E-state index contributed by atoms with van der Waals surface area (Å²) in [5, 5.41) is 3.72. The van der Waals surface area contributed by atoms with E-state index in [0.29, 0.717) is 24.4 Å². The summed E-state index contributed by atoms with van der Waals surface area (Å²) in [6.45, 7) is 3.27. The van der Waals surface area contributed by atoms with Gasteiger partial charge in [0.2, 0.25) is 0 Å². The third kappa shape index (κ3) is 5.23. The normalized spacial score (nSPS) is 10.9. The Bertz CT molecular complexity index is 944. The van der Waals surface area contributed by atoms with E-state index < -0.39 is 0 Å². The summed E-state index contributed by atoms with van der Waals surface area (Å²) in [5.74, 6) is 0.305. The average Bonchev–Trinajstić information content (AvgIpc) is 3.17. The van der Waals surface area contributed by atoms with E-state index in [0.717, 1.165) is 30.2 Å². The van der Waals surface area contributed by atoms with Crippen LogP contribution in [-0.2, 0) is 17.8 Å². The van der Waals surface area contributed by atoms with Crippen molar-refractivity contribution in [1.82, 2.24) is 9.88 Å². The molecule has 1 N–H and O–H groups in total. The second-order valence-corrected chi connectivity index (χ2v) is 6.41. The lowest BCUT2D eigenvalue weighted by molar-refractivity contribution is -0.123. The largest absolute Gasteiger partial charge is 0.484 e. The van der Waals surface area contributed by atoms with Gasteiger partial charge < -0.3 is 19.0 Å². The van der Waals surface area contributed by atoms with Crippen molar-refractivity contribution in [2.24, 2.45) is 0 Å². The zero-order chi connectivity index (χ0) is 19.1. The van der Waals surface area contributed by atoms with E-state index >= 15 is 0 Å². The zero-order valence-electron chi connectivity index (χ0n) is 15.4. The van der Waals surface area contributed by atoms with Crippen molar-refractivity contribution in [3.05, 3.63) is 64.8 Å². The predicted octanol–water partition coefficient (Wildman–Crippen LogP) is 3.13. The van der Waals surface area contributed by atoms with Crippen LogP contribution in [0.3, 0.4) is 0 Å². The lowest BCUT2D eigenvalue weighted by Gasteiger charge is -2.09. The molecule has 3 aromatic rings. The molecule has 142 valence electrons. The van der Waals surface area contributed by atoms with E-state index in [1.165, 1.54) is 0 Å². The summed E-state index contributed by atoms with van der Waals surface area (Å²) in [5.41, 5.74) is 1.10. The number of fused-ring (bicyclic) bond motifs is 1. The second-order valence-electron chi connectivity index (χ2n) is 6.41. The van der Waals surface area contributed by atoms with Gasteiger partial charge >= 0.3 is 5.63 Å². The summed E-state index contributed by atoms with van der Waals surface area (Å²) in [4.78, 5) is 23.7. The minimum atomic E-state index is -0.367. The molecule has 27 heavy (non-hydrogen) atoms. The lowest BCUT2D eigenvalue weighted by Crippen LogP contribution is -2.31. The summed E-state index contributed by atoms with van der Waals surface area (Å²) in [6, 6.07) is 10.8. The van der Waals surface area contributed by atoms with Crippen molar-refractivity contribution >= 4 is 16.9 Å². The quantitative estimate of drug-likeness (QED) is 0.589. The molecule has 0 spiro atoms. The Morgan fingerprint density at radius 3 is 2.81 bits per heavy atom. The van der Waals surface area contributed by atoms with Crippen molar-refractivity contribution < 1.29 is 13.9 Å². The number of hydrogen-bond donors (Lipinski definition) is 1. The Labute approximate surface area is 157 Å². The van der Waals surface area contributed by atoms with Crippen LogP contribution < -0.4 is 15.7 Å². The molecule has 2 heterocycles. The van der Waals surface area contributed by atoms with Gasteiger partial charge in [-0.15, -0.1) is 0 Å². The first-order chi connectivity index (χ1) is 13.2. The van der Waals surface area contributed by atoms with Crippen LogP contribution in [0.15, 0.2) is 58.0 Å². The molecule has 0 unspecified atom stereocenters. The first-order valence-electron chi connectivity index (χ1n) is 9.23. The summed E-state index contributed by atoms with van der Waals surface area (Å²) in [6.07, 6.45) is 6.80. The van der Waals surface area contributed by atoms with Gasteiger partial charge in [-0.05, 0) is 42.7 Å². The van der Waals surface area contributed by atoms with Crippen molar-refractivity contribution in [3.63, 3.8) is 0 Å². The molecule has 3 rings (SSSR count). The van der Waals surface area contributed by atoms with Crippen molar-refractivity contribution in [2.45, 2.75) is 32.7 Å². The van der Waals surface area contributed by atoms with Gasteiger partial charge in [-0.25, -0.2) is 4.79 Å². The number of carbonyl (C=O) groups excluding carboxylic acids is 1. The number of ether oxygens (including phenoxy) is 1. The van der Waals surface area contributed by atoms with E-state index in [9.17, 15) is 9.59 Å². The second kappa shape index (κ2) is 9.07. The molecular formula is C21H24N2O4. The van der Waals surface area contributed by atoms with E-state index in [1.54, 1.807) is 18.2 Å². The highest BCUT2D eigenvalue weighted by Gasteiger charge is 2.08. The standard InChI is InChI=1S/C21H24N2O4/c1-2-3-6-16-13-21(25)27-19-14-17(7-8-18(16)19)26-15-20(24)22-9-12-23-10-4-5-11-23/h4-5,7-8,10-11,13-14H,2-3,6,9,12,15H2,1H3,(H,22,24). The van der Waals surface area contributed by atoms with E-state index in [4.69, 9.17) is 9.15 Å². The Kier molecular flexibility index (Phi) is 6.30. The number of carbonyl (C=O) groups is 1. The summed E-state index contributed by atoms with van der Waals surface area (Å²) < 4.78 is 12.8. The molecule has 0 radical (unpaired) electrons. The van der Waals surface area contributed by atoms with Crippen molar-refractivity contribution in [3.8, 4) is 5.75 Å². The number of hydrogen-bond acceptors (Lipinski definition) is 4. The zero-order valence-corrected chi connectivity index (χ0v) is 15.4. The average molecular weight is 368 g/mol. The predicted molar refractivity (Wildman–Crippen MR) is 104 cm³/mol. The first-order valence-corrected chi connectivity index (χ1v) is 9.23. The number of aryl methyl sites for hydroxylation is 1. The molecule has 0 saturated heterocycles. The molecule has 1 amide bonds. The van der Waals surface area contributed by atoms with Crippen LogP contribution in [-0.4, -0.2) is 23.6 Å². The van der Waals surface area contributed by atoms with Gasteiger partial charge in [-0.3, -0.25) is 4.79 Å². The van der Waals surface area contributed by atoms with Gasteiger partial charge in [0.05, 0.1) is 0 Å². The minimum absolute atomic E-state index is 0.0864. The van der Waals surface area contributed by atoms with Crippen LogP contribution in [0.1, 0.15) is 25.3 Å². The Morgan fingerprint density at radius 2 is 2.04 bits per heavy atom. The van der Waals surface area contributed by atoms with Gasteiger partial charge in [0.15, 0.2) is 6.61 Å². The Morgan fingerprint density at radius 1 is 1.22 bits per heavy atom. The SMILES string of the molecule is CCCCc1cc(=O)oc2cc(OCC(=O)NCCn3cccc3)ccc12. The summed E-state index contributed by atoms with van der Waals surface area (Å²) >= 11 is 0. The number of nitrogens with one attached hydrogen (secondary N) is 1. The van der Waals surface area contributed by atoms with Crippen LogP contribution >= 0.6 is 0 Å². The van der Waals surface area contributed by atoms with Gasteiger partial charge in [-0.1, -0.05) is 13.3 Å². The number of aromatic nitrogens is 1.